The Hall–Kier alpha value is -3.37. The van der Waals surface area contributed by atoms with E-state index in [1.165, 1.54) is 21.8 Å². The summed E-state index contributed by atoms with van der Waals surface area (Å²) < 4.78 is 2.74. The van der Waals surface area contributed by atoms with Crippen LogP contribution in [0.3, 0.4) is 0 Å². The number of hydrogen-bond acceptors (Lipinski definition) is 7. The molecule has 0 amide bonds. The minimum absolute atomic E-state index is 0.0167. The molecule has 2 rings (SSSR count). The fourth-order valence-electron chi connectivity index (χ4n) is 1.81. The van der Waals surface area contributed by atoms with E-state index in [-0.39, 0.29) is 23.5 Å². The molecule has 0 bridgehead atoms. The summed E-state index contributed by atoms with van der Waals surface area (Å²) >= 11 is 0. The Morgan fingerprint density at radius 3 is 2.12 bits per heavy atom. The summed E-state index contributed by atoms with van der Waals surface area (Å²) in [5, 5.41) is 28.4. The molecule has 2 aromatic heterocycles. The van der Waals surface area contributed by atoms with E-state index >= 15 is 0 Å². The fraction of sp³-hybridized carbons (Fsp3) is 0.308. The monoisotopic (exact) mass is 336 g/mol. The second-order valence-corrected chi connectivity index (χ2v) is 4.59. The molecule has 0 saturated carbocycles. The van der Waals surface area contributed by atoms with Gasteiger partial charge in [-0.25, -0.2) is 0 Å². The molecule has 0 aliphatic heterocycles. The number of hydrogen-bond donors (Lipinski definition) is 0. The number of rotatable bonds is 5. The lowest BCUT2D eigenvalue weighted by Crippen LogP contribution is -1.94. The van der Waals surface area contributed by atoms with Crippen LogP contribution in [0.4, 0.5) is 11.4 Å². The molecule has 11 nitrogen and oxygen atoms in total. The maximum atomic E-state index is 10.4. The Labute approximate surface area is 136 Å². The van der Waals surface area contributed by atoms with Gasteiger partial charge < -0.3 is 4.79 Å². The van der Waals surface area contributed by atoms with Crippen molar-refractivity contribution in [2.45, 2.75) is 13.3 Å². The summed E-state index contributed by atoms with van der Waals surface area (Å²) in [6, 6.07) is 0. The van der Waals surface area contributed by atoms with E-state index in [1.54, 1.807) is 33.2 Å². The second-order valence-electron chi connectivity index (χ2n) is 4.59. The van der Waals surface area contributed by atoms with Gasteiger partial charge in [0.25, 0.3) is 0 Å². The Morgan fingerprint density at radius 1 is 1.08 bits per heavy atom. The van der Waals surface area contributed by atoms with Gasteiger partial charge in [0.2, 0.25) is 0 Å². The largest absolute Gasteiger partial charge is 0.314 e. The predicted molar refractivity (Wildman–Crippen MR) is 84.2 cm³/mol. The van der Waals surface area contributed by atoms with Crippen molar-refractivity contribution in [3.8, 4) is 0 Å². The van der Waals surface area contributed by atoms with Crippen LogP contribution in [0.15, 0.2) is 18.5 Å². The molecule has 0 aliphatic rings. The zero-order chi connectivity index (χ0) is 18.3. The summed E-state index contributed by atoms with van der Waals surface area (Å²) in [5.41, 5.74) is 0.530. The van der Waals surface area contributed by atoms with Crippen LogP contribution < -0.4 is 0 Å². The molecule has 2 heterocycles. The van der Waals surface area contributed by atoms with Crippen molar-refractivity contribution in [3.05, 3.63) is 50.1 Å². The van der Waals surface area contributed by atoms with Crippen LogP contribution in [0.1, 0.15) is 18.3 Å². The molecule has 128 valence electrons. The Bertz CT molecular complexity index is 776. The van der Waals surface area contributed by atoms with E-state index in [4.69, 9.17) is 0 Å². The first-order valence-corrected chi connectivity index (χ1v) is 6.71. The molecule has 0 aliphatic carbocycles. The summed E-state index contributed by atoms with van der Waals surface area (Å²) in [6.07, 6.45) is 6.56. The van der Waals surface area contributed by atoms with Crippen molar-refractivity contribution >= 4 is 23.7 Å². The molecule has 0 spiro atoms. The third-order valence-corrected chi connectivity index (χ3v) is 2.71. The molecule has 0 unspecified atom stereocenters. The van der Waals surface area contributed by atoms with Gasteiger partial charge in [-0.1, -0.05) is 6.08 Å². The molecule has 24 heavy (non-hydrogen) atoms. The smallest absolute Gasteiger partial charge is 0.303 e. The molecule has 11 heteroatoms. The normalized spacial score (nSPS) is 10.3. The zero-order valence-electron chi connectivity index (χ0n) is 13.3. The standard InChI is InChI=1S/C7H9N3O2.C6H7N3O3/c1-3-4-6-7(10(11)12)5-9(2)8-6;1-8-4-6(9(11)12)5(7-8)2-3-10/h3-5H,1-2H3;3-4H,2H2,1H3/b4-3+;. The highest BCUT2D eigenvalue weighted by Crippen LogP contribution is 2.17. The molecule has 0 atom stereocenters. The van der Waals surface area contributed by atoms with E-state index in [2.05, 4.69) is 10.2 Å². The van der Waals surface area contributed by atoms with Crippen LogP contribution in [-0.4, -0.2) is 35.7 Å². The van der Waals surface area contributed by atoms with E-state index in [0.29, 0.717) is 12.0 Å². The number of allylic oxidation sites excluding steroid dienone is 1. The average molecular weight is 336 g/mol. The highest BCUT2D eigenvalue weighted by Gasteiger charge is 2.17. The van der Waals surface area contributed by atoms with Crippen LogP contribution in [-0.2, 0) is 25.3 Å². The molecule has 0 saturated heterocycles. The first-order valence-electron chi connectivity index (χ1n) is 6.71. The molecular weight excluding hydrogens is 320 g/mol. The number of aryl methyl sites for hydroxylation is 2. The van der Waals surface area contributed by atoms with Gasteiger partial charge in [0, 0.05) is 14.1 Å². The highest BCUT2D eigenvalue weighted by atomic mass is 16.6. The molecule has 0 radical (unpaired) electrons. The van der Waals surface area contributed by atoms with Crippen molar-refractivity contribution in [2.75, 3.05) is 0 Å². The first kappa shape index (κ1) is 18.7. The minimum atomic E-state index is -0.550. The van der Waals surface area contributed by atoms with Crippen LogP contribution in [0.25, 0.3) is 6.08 Å². The van der Waals surface area contributed by atoms with Gasteiger partial charge in [-0.15, -0.1) is 0 Å². The Morgan fingerprint density at radius 2 is 1.62 bits per heavy atom. The highest BCUT2D eigenvalue weighted by molar-refractivity contribution is 5.57. The molecule has 0 N–H and O–H groups in total. The van der Waals surface area contributed by atoms with Crippen molar-refractivity contribution in [1.29, 1.82) is 0 Å². The Balaban J connectivity index is 0.000000240. The number of nitrogens with zero attached hydrogens (tertiary/aromatic N) is 6. The zero-order valence-corrected chi connectivity index (χ0v) is 13.3. The van der Waals surface area contributed by atoms with Crippen LogP contribution >= 0.6 is 0 Å². The van der Waals surface area contributed by atoms with Crippen molar-refractivity contribution < 1.29 is 14.6 Å². The maximum absolute atomic E-state index is 10.4. The second kappa shape index (κ2) is 8.31. The molecule has 0 fully saturated rings. The summed E-state index contributed by atoms with van der Waals surface area (Å²) in [6.45, 7) is 1.79. The lowest BCUT2D eigenvalue weighted by atomic mass is 10.3. The van der Waals surface area contributed by atoms with Crippen LogP contribution in [0.2, 0.25) is 0 Å². The summed E-state index contributed by atoms with van der Waals surface area (Å²) in [7, 11) is 3.22. The van der Waals surface area contributed by atoms with Gasteiger partial charge >= 0.3 is 11.4 Å². The third kappa shape index (κ3) is 4.83. The number of aromatic nitrogens is 4. The number of aldehydes is 1. The van der Waals surface area contributed by atoms with Crippen molar-refractivity contribution in [1.82, 2.24) is 19.6 Å². The number of carbonyl (C=O) groups excluding carboxylic acids is 1. The van der Waals surface area contributed by atoms with Gasteiger partial charge in [-0.05, 0) is 13.0 Å². The average Bonchev–Trinajstić information content (AvgIpc) is 3.04. The fourth-order valence-corrected chi connectivity index (χ4v) is 1.81. The minimum Gasteiger partial charge on any atom is -0.303 e. The van der Waals surface area contributed by atoms with Gasteiger partial charge in [0.05, 0.1) is 16.3 Å². The van der Waals surface area contributed by atoms with Crippen molar-refractivity contribution in [3.63, 3.8) is 0 Å². The van der Waals surface area contributed by atoms with Gasteiger partial charge in [-0.2, -0.15) is 10.2 Å². The number of nitro groups is 2. The lowest BCUT2D eigenvalue weighted by Gasteiger charge is -1.85. The lowest BCUT2D eigenvalue weighted by molar-refractivity contribution is -0.385. The van der Waals surface area contributed by atoms with Gasteiger partial charge in [-0.3, -0.25) is 29.6 Å². The van der Waals surface area contributed by atoms with Gasteiger partial charge in [0.15, 0.2) is 5.69 Å². The molecule has 2 aromatic rings. The van der Waals surface area contributed by atoms with Gasteiger partial charge in [0.1, 0.15) is 24.4 Å². The predicted octanol–water partition coefficient (Wildman–Crippen LogP) is 1.43. The molecular formula is C13H16N6O5. The first-order chi connectivity index (χ1) is 11.3. The third-order valence-electron chi connectivity index (χ3n) is 2.71. The number of carbonyl (C=O) groups is 1. The van der Waals surface area contributed by atoms with Crippen LogP contribution in [0.5, 0.6) is 0 Å². The summed E-state index contributed by atoms with van der Waals surface area (Å²) in [4.78, 5) is 29.9. The van der Waals surface area contributed by atoms with Crippen LogP contribution in [0, 0.1) is 20.2 Å². The van der Waals surface area contributed by atoms with E-state index in [9.17, 15) is 25.0 Å². The quantitative estimate of drug-likeness (QED) is 0.457. The SMILES string of the molecule is C/C=C/c1nn(C)cc1[N+](=O)[O-].Cn1cc([N+](=O)[O-])c(CC=O)n1. The molecule has 0 aromatic carbocycles. The maximum Gasteiger partial charge on any atom is 0.314 e. The van der Waals surface area contributed by atoms with E-state index in [0.717, 1.165) is 0 Å². The van der Waals surface area contributed by atoms with Crippen molar-refractivity contribution in [2.24, 2.45) is 14.1 Å². The van der Waals surface area contributed by atoms with E-state index in [1.807, 2.05) is 0 Å². The van der Waals surface area contributed by atoms with E-state index < -0.39 is 9.85 Å². The topological polar surface area (TPSA) is 139 Å². The summed E-state index contributed by atoms with van der Waals surface area (Å²) in [5.74, 6) is 0. The Kier molecular flexibility index (Phi) is 6.47.